The zero-order valence-corrected chi connectivity index (χ0v) is 16.2. The first-order chi connectivity index (χ1) is 13.7. The van der Waals surface area contributed by atoms with Crippen molar-refractivity contribution in [2.75, 3.05) is 6.61 Å². The molecule has 0 atom stereocenters. The second kappa shape index (κ2) is 7.77. The average molecular weight is 372 g/mol. The SMILES string of the molecule is CCOC(=O)c1cc(C)n(CCc2c[nH]c3ccccc23)c1-c1ccccc1. The van der Waals surface area contributed by atoms with Gasteiger partial charge in [-0.15, -0.1) is 0 Å². The minimum Gasteiger partial charge on any atom is -0.462 e. The van der Waals surface area contributed by atoms with Gasteiger partial charge in [0, 0.05) is 29.3 Å². The van der Waals surface area contributed by atoms with Crippen LogP contribution in [0.3, 0.4) is 0 Å². The molecule has 4 aromatic rings. The van der Waals surface area contributed by atoms with E-state index in [1.807, 2.05) is 56.3 Å². The lowest BCUT2D eigenvalue weighted by Gasteiger charge is -2.13. The van der Waals surface area contributed by atoms with Crippen molar-refractivity contribution >= 4 is 16.9 Å². The van der Waals surface area contributed by atoms with E-state index in [-0.39, 0.29) is 5.97 Å². The maximum absolute atomic E-state index is 12.6. The zero-order valence-electron chi connectivity index (χ0n) is 16.2. The van der Waals surface area contributed by atoms with E-state index in [0.29, 0.717) is 12.2 Å². The lowest BCUT2D eigenvalue weighted by molar-refractivity contribution is 0.0527. The molecule has 142 valence electrons. The molecule has 4 nitrogen and oxygen atoms in total. The topological polar surface area (TPSA) is 47.0 Å². The van der Waals surface area contributed by atoms with Gasteiger partial charge in [0.25, 0.3) is 0 Å². The Balaban J connectivity index is 1.72. The quantitative estimate of drug-likeness (QED) is 0.463. The van der Waals surface area contributed by atoms with Gasteiger partial charge in [-0.25, -0.2) is 4.79 Å². The van der Waals surface area contributed by atoms with Crippen molar-refractivity contribution in [1.29, 1.82) is 0 Å². The highest BCUT2D eigenvalue weighted by molar-refractivity contribution is 5.97. The van der Waals surface area contributed by atoms with E-state index in [9.17, 15) is 4.79 Å². The molecule has 0 saturated carbocycles. The van der Waals surface area contributed by atoms with Crippen molar-refractivity contribution in [2.45, 2.75) is 26.8 Å². The highest BCUT2D eigenvalue weighted by Crippen LogP contribution is 2.29. The molecule has 1 N–H and O–H groups in total. The van der Waals surface area contributed by atoms with E-state index in [2.05, 4.69) is 33.9 Å². The molecule has 28 heavy (non-hydrogen) atoms. The number of carbonyl (C=O) groups excluding carboxylic acids is 1. The van der Waals surface area contributed by atoms with Crippen molar-refractivity contribution in [3.63, 3.8) is 0 Å². The minimum atomic E-state index is -0.268. The number of carbonyl (C=O) groups is 1. The summed E-state index contributed by atoms with van der Waals surface area (Å²) in [6.45, 7) is 5.04. The molecular formula is C24H24N2O2. The fourth-order valence-corrected chi connectivity index (χ4v) is 3.81. The second-order valence-electron chi connectivity index (χ2n) is 6.90. The Labute approximate surface area is 164 Å². The number of fused-ring (bicyclic) bond motifs is 1. The fourth-order valence-electron chi connectivity index (χ4n) is 3.81. The molecule has 0 aliphatic rings. The number of H-pyrrole nitrogens is 1. The summed E-state index contributed by atoms with van der Waals surface area (Å²) in [6, 6.07) is 20.3. The van der Waals surface area contributed by atoms with Crippen molar-refractivity contribution < 1.29 is 9.53 Å². The summed E-state index contributed by atoms with van der Waals surface area (Å²) in [7, 11) is 0. The number of aryl methyl sites for hydroxylation is 2. The van der Waals surface area contributed by atoms with Crippen molar-refractivity contribution in [2.24, 2.45) is 0 Å². The first-order valence-corrected chi connectivity index (χ1v) is 9.66. The summed E-state index contributed by atoms with van der Waals surface area (Å²) < 4.78 is 7.53. The van der Waals surface area contributed by atoms with Crippen LogP contribution in [-0.4, -0.2) is 22.1 Å². The maximum Gasteiger partial charge on any atom is 0.340 e. The van der Waals surface area contributed by atoms with Crippen LogP contribution < -0.4 is 0 Å². The molecule has 0 unspecified atom stereocenters. The second-order valence-corrected chi connectivity index (χ2v) is 6.90. The summed E-state index contributed by atoms with van der Waals surface area (Å²) in [6.07, 6.45) is 2.96. The highest BCUT2D eigenvalue weighted by Gasteiger charge is 2.21. The number of ether oxygens (including phenoxy) is 1. The molecule has 2 heterocycles. The third-order valence-corrected chi connectivity index (χ3v) is 5.13. The van der Waals surface area contributed by atoms with Crippen molar-refractivity contribution in [3.8, 4) is 11.3 Å². The van der Waals surface area contributed by atoms with Crippen molar-refractivity contribution in [1.82, 2.24) is 9.55 Å². The van der Waals surface area contributed by atoms with Gasteiger partial charge in [-0.1, -0.05) is 48.5 Å². The molecule has 2 aromatic heterocycles. The number of hydrogen-bond acceptors (Lipinski definition) is 2. The molecule has 4 rings (SSSR count). The Kier molecular flexibility index (Phi) is 5.02. The van der Waals surface area contributed by atoms with Gasteiger partial charge in [-0.3, -0.25) is 0 Å². The Bertz CT molecular complexity index is 1110. The van der Waals surface area contributed by atoms with Crippen LogP contribution in [0.5, 0.6) is 0 Å². The number of rotatable bonds is 6. The smallest absolute Gasteiger partial charge is 0.340 e. The monoisotopic (exact) mass is 372 g/mol. The highest BCUT2D eigenvalue weighted by atomic mass is 16.5. The Morgan fingerprint density at radius 3 is 2.61 bits per heavy atom. The molecule has 2 aromatic carbocycles. The van der Waals surface area contributed by atoms with Crippen LogP contribution in [0.2, 0.25) is 0 Å². The van der Waals surface area contributed by atoms with E-state index in [4.69, 9.17) is 4.74 Å². The third-order valence-electron chi connectivity index (χ3n) is 5.13. The van der Waals surface area contributed by atoms with E-state index in [0.717, 1.165) is 35.4 Å². The van der Waals surface area contributed by atoms with Crippen LogP contribution in [0.1, 0.15) is 28.5 Å². The number of hydrogen-bond donors (Lipinski definition) is 1. The first-order valence-electron chi connectivity index (χ1n) is 9.66. The lowest BCUT2D eigenvalue weighted by atomic mass is 10.1. The average Bonchev–Trinajstić information content (AvgIpc) is 3.28. The fraction of sp³-hybridized carbons (Fsp3) is 0.208. The Hall–Kier alpha value is -3.27. The van der Waals surface area contributed by atoms with E-state index < -0.39 is 0 Å². The first kappa shape index (κ1) is 18.1. The summed E-state index contributed by atoms with van der Waals surface area (Å²) in [5, 5.41) is 1.25. The van der Waals surface area contributed by atoms with Crippen LogP contribution in [0.25, 0.3) is 22.2 Å². The number of nitrogens with one attached hydrogen (secondary N) is 1. The van der Waals surface area contributed by atoms with Gasteiger partial charge in [0.1, 0.15) is 0 Å². The molecule has 0 radical (unpaired) electrons. The predicted octanol–water partition coefficient (Wildman–Crippen LogP) is 5.36. The van der Waals surface area contributed by atoms with Gasteiger partial charge in [-0.05, 0) is 43.5 Å². The summed E-state index contributed by atoms with van der Waals surface area (Å²) in [4.78, 5) is 15.9. The van der Waals surface area contributed by atoms with Gasteiger partial charge in [0.2, 0.25) is 0 Å². The van der Waals surface area contributed by atoms with Crippen LogP contribution >= 0.6 is 0 Å². The number of esters is 1. The molecule has 0 bridgehead atoms. The van der Waals surface area contributed by atoms with Crippen molar-refractivity contribution in [3.05, 3.63) is 83.7 Å². The van der Waals surface area contributed by atoms with Gasteiger partial charge in [0.15, 0.2) is 0 Å². The Morgan fingerprint density at radius 1 is 1.07 bits per heavy atom. The molecule has 0 aliphatic heterocycles. The van der Waals surface area contributed by atoms with Crippen LogP contribution in [0.15, 0.2) is 66.9 Å². The number of aromatic amines is 1. The van der Waals surface area contributed by atoms with E-state index in [1.165, 1.54) is 10.9 Å². The van der Waals surface area contributed by atoms with Gasteiger partial charge < -0.3 is 14.3 Å². The molecule has 0 amide bonds. The number of para-hydroxylation sites is 1. The number of aromatic nitrogens is 2. The minimum absolute atomic E-state index is 0.268. The molecule has 0 spiro atoms. The number of benzene rings is 2. The standard InChI is InChI=1S/C24H24N2O2/c1-3-28-24(27)21-15-17(2)26(23(21)18-9-5-4-6-10-18)14-13-19-16-25-22-12-8-7-11-20(19)22/h4-12,15-16,25H,3,13-14H2,1-2H3. The van der Waals surface area contributed by atoms with Crippen LogP contribution in [0, 0.1) is 6.92 Å². The van der Waals surface area contributed by atoms with Crippen LogP contribution in [0.4, 0.5) is 0 Å². The zero-order chi connectivity index (χ0) is 19.5. The molecule has 0 fully saturated rings. The Morgan fingerprint density at radius 2 is 1.82 bits per heavy atom. The lowest BCUT2D eigenvalue weighted by Crippen LogP contribution is -2.09. The molecule has 4 heteroatoms. The predicted molar refractivity (Wildman–Crippen MR) is 113 cm³/mol. The third kappa shape index (κ3) is 3.33. The summed E-state index contributed by atoms with van der Waals surface area (Å²) >= 11 is 0. The maximum atomic E-state index is 12.6. The summed E-state index contributed by atoms with van der Waals surface area (Å²) in [5.41, 5.74) is 6.07. The van der Waals surface area contributed by atoms with Gasteiger partial charge >= 0.3 is 5.97 Å². The van der Waals surface area contributed by atoms with Crippen LogP contribution in [-0.2, 0) is 17.7 Å². The van der Waals surface area contributed by atoms with Gasteiger partial charge in [0.05, 0.1) is 17.9 Å². The van der Waals surface area contributed by atoms with E-state index >= 15 is 0 Å². The summed E-state index contributed by atoms with van der Waals surface area (Å²) in [5.74, 6) is -0.268. The normalized spacial score (nSPS) is 11.1. The largest absolute Gasteiger partial charge is 0.462 e. The van der Waals surface area contributed by atoms with E-state index in [1.54, 1.807) is 0 Å². The molecular weight excluding hydrogens is 348 g/mol. The van der Waals surface area contributed by atoms with Gasteiger partial charge in [-0.2, -0.15) is 0 Å². The number of nitrogens with zero attached hydrogens (tertiary/aromatic N) is 1. The molecule has 0 aliphatic carbocycles. The molecule has 0 saturated heterocycles.